The first-order valence-electron chi connectivity index (χ1n) is 9.24. The van der Waals surface area contributed by atoms with Gasteiger partial charge in [-0.15, -0.1) is 0 Å². The lowest BCUT2D eigenvalue weighted by Gasteiger charge is -2.33. The molecule has 3 aromatic rings. The fraction of sp³-hybridized carbons (Fsp3) is 0.300. The lowest BCUT2D eigenvalue weighted by Crippen LogP contribution is -2.41. The Kier molecular flexibility index (Phi) is 5.25. The molecule has 3 heterocycles. The van der Waals surface area contributed by atoms with Crippen LogP contribution in [0, 0.1) is 12.8 Å². The number of aromatic nitrogens is 4. The van der Waals surface area contributed by atoms with Crippen molar-refractivity contribution in [2.45, 2.75) is 19.8 Å². The molecule has 28 heavy (non-hydrogen) atoms. The number of carbonyl (C=O) groups is 1. The minimum absolute atomic E-state index is 0.0106. The van der Waals surface area contributed by atoms with Crippen LogP contribution in [0.25, 0.3) is 5.82 Å². The maximum absolute atomic E-state index is 12.8. The van der Waals surface area contributed by atoms with Crippen LogP contribution in [0.2, 0.25) is 5.02 Å². The maximum Gasteiger partial charge on any atom is 0.229 e. The first-order valence-corrected chi connectivity index (χ1v) is 9.62. The van der Waals surface area contributed by atoms with Gasteiger partial charge in [0.1, 0.15) is 12.1 Å². The van der Waals surface area contributed by atoms with Crippen molar-refractivity contribution in [3.63, 3.8) is 0 Å². The van der Waals surface area contributed by atoms with Gasteiger partial charge in [-0.05, 0) is 43.5 Å². The van der Waals surface area contributed by atoms with Gasteiger partial charge in [0.2, 0.25) is 5.91 Å². The van der Waals surface area contributed by atoms with E-state index in [0.29, 0.717) is 17.4 Å². The molecular formula is C20H21ClN6O. The molecule has 8 heteroatoms. The van der Waals surface area contributed by atoms with E-state index in [4.69, 9.17) is 11.6 Å². The number of halogens is 1. The minimum Gasteiger partial charge on any atom is -0.356 e. The Morgan fingerprint density at radius 1 is 1.25 bits per heavy atom. The average molecular weight is 397 g/mol. The van der Waals surface area contributed by atoms with Crippen LogP contribution < -0.4 is 10.2 Å². The van der Waals surface area contributed by atoms with E-state index in [9.17, 15) is 4.79 Å². The van der Waals surface area contributed by atoms with Crippen molar-refractivity contribution in [3.8, 4) is 5.82 Å². The van der Waals surface area contributed by atoms with Crippen LogP contribution in [0.4, 0.5) is 11.5 Å². The molecule has 0 aliphatic carbocycles. The van der Waals surface area contributed by atoms with Gasteiger partial charge in [0, 0.05) is 42.3 Å². The number of aryl methyl sites for hydroxylation is 1. The smallest absolute Gasteiger partial charge is 0.229 e. The molecule has 4 rings (SSSR count). The van der Waals surface area contributed by atoms with E-state index in [1.165, 1.54) is 6.33 Å². The molecule has 1 fully saturated rings. The van der Waals surface area contributed by atoms with Crippen LogP contribution in [0.3, 0.4) is 0 Å². The molecule has 144 valence electrons. The Morgan fingerprint density at radius 2 is 2.11 bits per heavy atom. The Balaban J connectivity index is 1.48. The number of carbonyl (C=O) groups excluding carboxylic acids is 1. The quantitative estimate of drug-likeness (QED) is 0.730. The molecule has 2 aromatic heterocycles. The summed E-state index contributed by atoms with van der Waals surface area (Å²) >= 11 is 6.07. The Labute approximate surface area is 168 Å². The van der Waals surface area contributed by atoms with Gasteiger partial charge >= 0.3 is 0 Å². The molecule has 1 N–H and O–H groups in total. The molecule has 0 saturated carbocycles. The van der Waals surface area contributed by atoms with Crippen molar-refractivity contribution in [2.24, 2.45) is 5.92 Å². The first kappa shape index (κ1) is 18.4. The van der Waals surface area contributed by atoms with Crippen LogP contribution in [0.15, 0.2) is 49.1 Å². The standard InChI is InChI=1S/C20H21ClN6O/c1-14-5-6-16(21)10-17(14)25-20(28)15-4-2-8-26(12-15)18-11-19(23-13-22-18)27-9-3-7-24-27/h3,5-7,9-11,13,15H,2,4,8,12H2,1H3,(H,25,28). The maximum atomic E-state index is 12.8. The number of nitrogens with zero attached hydrogens (tertiary/aromatic N) is 5. The molecule has 1 aliphatic heterocycles. The summed E-state index contributed by atoms with van der Waals surface area (Å²) in [4.78, 5) is 23.6. The van der Waals surface area contributed by atoms with E-state index in [1.807, 2.05) is 37.4 Å². The molecule has 1 amide bonds. The van der Waals surface area contributed by atoms with E-state index in [-0.39, 0.29) is 11.8 Å². The summed E-state index contributed by atoms with van der Waals surface area (Å²) in [6, 6.07) is 9.26. The number of hydrogen-bond acceptors (Lipinski definition) is 5. The Morgan fingerprint density at radius 3 is 2.93 bits per heavy atom. The number of anilines is 2. The molecule has 7 nitrogen and oxygen atoms in total. The van der Waals surface area contributed by atoms with Gasteiger partial charge < -0.3 is 10.2 Å². The molecule has 1 atom stereocenters. The van der Waals surface area contributed by atoms with Crippen molar-refractivity contribution in [1.29, 1.82) is 0 Å². The number of rotatable bonds is 4. The van der Waals surface area contributed by atoms with Crippen molar-refractivity contribution >= 4 is 29.0 Å². The van der Waals surface area contributed by atoms with Crippen LogP contribution in [0.5, 0.6) is 0 Å². The number of amides is 1. The van der Waals surface area contributed by atoms with E-state index < -0.39 is 0 Å². The second kappa shape index (κ2) is 7.98. The van der Waals surface area contributed by atoms with Crippen molar-refractivity contribution in [3.05, 3.63) is 59.6 Å². The monoisotopic (exact) mass is 396 g/mol. The van der Waals surface area contributed by atoms with Gasteiger partial charge in [0.05, 0.1) is 5.92 Å². The highest BCUT2D eigenvalue weighted by Crippen LogP contribution is 2.25. The van der Waals surface area contributed by atoms with E-state index in [0.717, 1.165) is 36.5 Å². The predicted octanol–water partition coefficient (Wildman–Crippen LogP) is 3.48. The summed E-state index contributed by atoms with van der Waals surface area (Å²) in [5.41, 5.74) is 1.75. The van der Waals surface area contributed by atoms with Crippen molar-refractivity contribution in [1.82, 2.24) is 19.7 Å². The number of piperidine rings is 1. The average Bonchev–Trinajstić information content (AvgIpc) is 3.26. The van der Waals surface area contributed by atoms with Crippen LogP contribution in [-0.2, 0) is 4.79 Å². The number of nitrogens with one attached hydrogen (secondary N) is 1. The number of hydrogen-bond donors (Lipinski definition) is 1. The van der Waals surface area contributed by atoms with Gasteiger partial charge in [0.25, 0.3) is 0 Å². The summed E-state index contributed by atoms with van der Waals surface area (Å²) in [6.45, 7) is 3.42. The highest BCUT2D eigenvalue weighted by molar-refractivity contribution is 6.31. The van der Waals surface area contributed by atoms with E-state index >= 15 is 0 Å². The first-order chi connectivity index (χ1) is 13.6. The molecule has 1 aliphatic rings. The van der Waals surface area contributed by atoms with Gasteiger partial charge in [-0.25, -0.2) is 14.6 Å². The minimum atomic E-state index is -0.116. The molecule has 1 unspecified atom stereocenters. The molecule has 0 radical (unpaired) electrons. The van der Waals surface area contributed by atoms with Crippen LogP contribution in [0.1, 0.15) is 18.4 Å². The van der Waals surface area contributed by atoms with Gasteiger partial charge in [0.15, 0.2) is 5.82 Å². The zero-order chi connectivity index (χ0) is 19.5. The zero-order valence-corrected chi connectivity index (χ0v) is 16.3. The highest BCUT2D eigenvalue weighted by atomic mass is 35.5. The van der Waals surface area contributed by atoms with E-state index in [2.05, 4.69) is 25.3 Å². The summed E-state index contributed by atoms with van der Waals surface area (Å²) in [7, 11) is 0. The summed E-state index contributed by atoms with van der Waals surface area (Å²) in [5.74, 6) is 1.40. The predicted molar refractivity (Wildman–Crippen MR) is 109 cm³/mol. The van der Waals surface area contributed by atoms with E-state index in [1.54, 1.807) is 16.9 Å². The van der Waals surface area contributed by atoms with Crippen LogP contribution >= 0.6 is 11.6 Å². The second-order valence-electron chi connectivity index (χ2n) is 6.92. The van der Waals surface area contributed by atoms with Crippen molar-refractivity contribution < 1.29 is 4.79 Å². The normalized spacial score (nSPS) is 16.8. The van der Waals surface area contributed by atoms with Crippen LogP contribution in [-0.4, -0.2) is 38.7 Å². The fourth-order valence-electron chi connectivity index (χ4n) is 3.40. The lowest BCUT2D eigenvalue weighted by molar-refractivity contribution is -0.120. The third kappa shape index (κ3) is 3.99. The fourth-order valence-corrected chi connectivity index (χ4v) is 3.57. The van der Waals surface area contributed by atoms with Crippen molar-refractivity contribution in [2.75, 3.05) is 23.3 Å². The SMILES string of the molecule is Cc1ccc(Cl)cc1NC(=O)C1CCCN(c2cc(-n3cccn3)ncn2)C1. The molecule has 1 aromatic carbocycles. The van der Waals surface area contributed by atoms with Gasteiger partial charge in [-0.3, -0.25) is 4.79 Å². The molecule has 0 bridgehead atoms. The molecule has 0 spiro atoms. The third-order valence-corrected chi connectivity index (χ3v) is 5.19. The summed E-state index contributed by atoms with van der Waals surface area (Å²) in [6.07, 6.45) is 6.85. The Hall–Kier alpha value is -2.93. The van der Waals surface area contributed by atoms with Gasteiger partial charge in [-0.2, -0.15) is 5.10 Å². The topological polar surface area (TPSA) is 75.9 Å². The molecule has 1 saturated heterocycles. The zero-order valence-electron chi connectivity index (χ0n) is 15.5. The van der Waals surface area contributed by atoms with Gasteiger partial charge in [-0.1, -0.05) is 17.7 Å². The summed E-state index contributed by atoms with van der Waals surface area (Å²) in [5, 5.41) is 7.85. The number of benzene rings is 1. The third-order valence-electron chi connectivity index (χ3n) is 4.95. The molecular weight excluding hydrogens is 376 g/mol. The lowest BCUT2D eigenvalue weighted by atomic mass is 9.97. The Bertz CT molecular complexity index is 975. The highest BCUT2D eigenvalue weighted by Gasteiger charge is 2.27. The largest absolute Gasteiger partial charge is 0.356 e. The summed E-state index contributed by atoms with van der Waals surface area (Å²) < 4.78 is 1.70. The second-order valence-corrected chi connectivity index (χ2v) is 7.36.